The molecule has 1 unspecified atom stereocenters. The minimum Gasteiger partial charge on any atom is -0.397 e. The van der Waals surface area contributed by atoms with Crippen LogP contribution in [0.5, 0.6) is 0 Å². The van der Waals surface area contributed by atoms with Crippen LogP contribution in [0.4, 0.5) is 15.8 Å². The lowest BCUT2D eigenvalue weighted by Gasteiger charge is -2.27. The number of anilines is 2. The summed E-state index contributed by atoms with van der Waals surface area (Å²) in [7, 11) is 0. The smallest absolute Gasteiger partial charge is 0.238 e. The fraction of sp³-hybridized carbons (Fsp3) is 0.562. The lowest BCUT2D eigenvalue weighted by atomic mass is 10.2. The van der Waals surface area contributed by atoms with Crippen LogP contribution in [0, 0.1) is 5.82 Å². The average Bonchev–Trinajstić information content (AvgIpc) is 2.46. The third-order valence-corrected chi connectivity index (χ3v) is 3.65. The number of benzene rings is 1. The van der Waals surface area contributed by atoms with Crippen LogP contribution in [0.15, 0.2) is 18.2 Å². The Morgan fingerprint density at radius 3 is 2.76 bits per heavy atom. The van der Waals surface area contributed by atoms with Crippen LogP contribution in [0.2, 0.25) is 0 Å². The van der Waals surface area contributed by atoms with Gasteiger partial charge in [-0.3, -0.25) is 9.69 Å². The van der Waals surface area contributed by atoms with E-state index in [1.54, 1.807) is 0 Å². The molecule has 0 bridgehead atoms. The summed E-state index contributed by atoms with van der Waals surface area (Å²) in [6.07, 6.45) is 3.13. The molecule has 1 aromatic carbocycles. The van der Waals surface area contributed by atoms with E-state index in [4.69, 9.17) is 5.73 Å². The highest BCUT2D eigenvalue weighted by molar-refractivity contribution is 5.95. The Kier molecular flexibility index (Phi) is 7.15. The molecule has 0 aliphatic rings. The molecule has 1 atom stereocenters. The Hall–Kier alpha value is -1.62. The van der Waals surface area contributed by atoms with Gasteiger partial charge in [-0.25, -0.2) is 4.39 Å². The van der Waals surface area contributed by atoms with E-state index in [1.165, 1.54) is 18.2 Å². The van der Waals surface area contributed by atoms with Crippen LogP contribution in [-0.4, -0.2) is 29.9 Å². The Morgan fingerprint density at radius 1 is 1.43 bits per heavy atom. The quantitative estimate of drug-likeness (QED) is 0.724. The molecule has 1 aromatic rings. The molecular formula is C16H26FN3O. The predicted octanol–water partition coefficient (Wildman–Crippen LogP) is 3.25. The van der Waals surface area contributed by atoms with Crippen molar-refractivity contribution < 1.29 is 9.18 Å². The number of rotatable bonds is 8. The first kappa shape index (κ1) is 17.4. The molecule has 0 radical (unpaired) electrons. The van der Waals surface area contributed by atoms with E-state index in [1.807, 2.05) is 0 Å². The first-order valence-electron chi connectivity index (χ1n) is 7.56. The van der Waals surface area contributed by atoms with Gasteiger partial charge in [0.2, 0.25) is 5.91 Å². The van der Waals surface area contributed by atoms with Gasteiger partial charge in [0.1, 0.15) is 5.82 Å². The molecule has 0 heterocycles. The monoisotopic (exact) mass is 295 g/mol. The van der Waals surface area contributed by atoms with Gasteiger partial charge in [-0.15, -0.1) is 0 Å². The molecule has 0 aliphatic heterocycles. The second-order valence-electron chi connectivity index (χ2n) is 5.36. The molecule has 0 saturated heterocycles. The second kappa shape index (κ2) is 8.62. The Balaban J connectivity index is 2.66. The highest BCUT2D eigenvalue weighted by Crippen LogP contribution is 2.19. The van der Waals surface area contributed by atoms with Gasteiger partial charge in [0, 0.05) is 6.04 Å². The summed E-state index contributed by atoms with van der Waals surface area (Å²) in [5.41, 5.74) is 6.44. The van der Waals surface area contributed by atoms with Gasteiger partial charge < -0.3 is 11.1 Å². The second-order valence-corrected chi connectivity index (χ2v) is 5.36. The van der Waals surface area contributed by atoms with E-state index in [0.29, 0.717) is 24.0 Å². The average molecular weight is 295 g/mol. The minimum atomic E-state index is -0.413. The van der Waals surface area contributed by atoms with Gasteiger partial charge in [-0.2, -0.15) is 0 Å². The van der Waals surface area contributed by atoms with Crippen LogP contribution in [-0.2, 0) is 4.79 Å². The van der Waals surface area contributed by atoms with Crippen molar-refractivity contribution in [2.45, 2.75) is 46.1 Å². The molecule has 0 aliphatic carbocycles. The van der Waals surface area contributed by atoms with Gasteiger partial charge in [0.15, 0.2) is 0 Å². The molecule has 21 heavy (non-hydrogen) atoms. The summed E-state index contributed by atoms with van der Waals surface area (Å²) in [5.74, 6) is -0.576. The SMILES string of the molecule is CCCCN(CC(=O)Nc1cc(F)ccc1N)C(C)CC. The van der Waals surface area contributed by atoms with Gasteiger partial charge in [-0.1, -0.05) is 20.3 Å². The normalized spacial score (nSPS) is 12.4. The van der Waals surface area contributed by atoms with E-state index >= 15 is 0 Å². The summed E-state index contributed by atoms with van der Waals surface area (Å²) in [4.78, 5) is 14.3. The number of carbonyl (C=O) groups is 1. The topological polar surface area (TPSA) is 58.4 Å². The van der Waals surface area contributed by atoms with Crippen molar-refractivity contribution >= 4 is 17.3 Å². The molecule has 1 rings (SSSR count). The Morgan fingerprint density at radius 2 is 2.14 bits per heavy atom. The number of hydrogen-bond acceptors (Lipinski definition) is 3. The molecule has 4 nitrogen and oxygen atoms in total. The number of amides is 1. The maximum Gasteiger partial charge on any atom is 0.238 e. The lowest BCUT2D eigenvalue weighted by Crippen LogP contribution is -2.39. The van der Waals surface area contributed by atoms with Crippen molar-refractivity contribution in [3.05, 3.63) is 24.0 Å². The number of nitrogens with one attached hydrogen (secondary N) is 1. The zero-order valence-corrected chi connectivity index (χ0v) is 13.2. The van der Waals surface area contributed by atoms with E-state index in [0.717, 1.165) is 25.8 Å². The first-order chi connectivity index (χ1) is 9.97. The number of nitrogens with two attached hydrogens (primary N) is 1. The molecular weight excluding hydrogens is 269 g/mol. The van der Waals surface area contributed by atoms with Crippen LogP contribution in [0.25, 0.3) is 0 Å². The van der Waals surface area contributed by atoms with E-state index < -0.39 is 5.82 Å². The van der Waals surface area contributed by atoms with E-state index in [2.05, 4.69) is 31.0 Å². The summed E-state index contributed by atoms with van der Waals surface area (Å²) in [6, 6.07) is 4.31. The third kappa shape index (κ3) is 5.71. The molecule has 0 fully saturated rings. The molecule has 3 N–H and O–H groups in total. The molecule has 0 saturated carbocycles. The number of nitrogens with zero attached hydrogens (tertiary/aromatic N) is 1. The summed E-state index contributed by atoms with van der Waals surface area (Å²) >= 11 is 0. The summed E-state index contributed by atoms with van der Waals surface area (Å²) < 4.78 is 13.2. The van der Waals surface area contributed by atoms with Gasteiger partial charge in [-0.05, 0) is 44.5 Å². The van der Waals surface area contributed by atoms with Crippen molar-refractivity contribution in [1.82, 2.24) is 4.90 Å². The fourth-order valence-corrected chi connectivity index (χ4v) is 2.09. The van der Waals surface area contributed by atoms with E-state index in [-0.39, 0.29) is 5.91 Å². The Bertz CT molecular complexity index is 465. The molecule has 0 spiro atoms. The van der Waals surface area contributed by atoms with Crippen LogP contribution >= 0.6 is 0 Å². The van der Waals surface area contributed by atoms with Crippen LogP contribution in [0.3, 0.4) is 0 Å². The largest absolute Gasteiger partial charge is 0.397 e. The van der Waals surface area contributed by atoms with E-state index in [9.17, 15) is 9.18 Å². The molecule has 0 aromatic heterocycles. The molecule has 5 heteroatoms. The zero-order chi connectivity index (χ0) is 15.8. The van der Waals surface area contributed by atoms with Crippen LogP contribution < -0.4 is 11.1 Å². The number of unbranched alkanes of at least 4 members (excludes halogenated alkanes) is 1. The van der Waals surface area contributed by atoms with Crippen LogP contribution in [0.1, 0.15) is 40.0 Å². The number of halogens is 1. The number of hydrogen-bond donors (Lipinski definition) is 2. The van der Waals surface area contributed by atoms with Crippen molar-refractivity contribution in [2.24, 2.45) is 0 Å². The highest BCUT2D eigenvalue weighted by atomic mass is 19.1. The fourth-order valence-electron chi connectivity index (χ4n) is 2.09. The zero-order valence-electron chi connectivity index (χ0n) is 13.2. The van der Waals surface area contributed by atoms with Crippen molar-refractivity contribution in [3.63, 3.8) is 0 Å². The standard InChI is InChI=1S/C16H26FN3O/c1-4-6-9-20(12(3)5-2)11-16(21)19-15-10-13(17)7-8-14(15)18/h7-8,10,12H,4-6,9,11,18H2,1-3H3,(H,19,21). The molecule has 1 amide bonds. The van der Waals surface area contributed by atoms with Gasteiger partial charge >= 0.3 is 0 Å². The minimum absolute atomic E-state index is 0.163. The lowest BCUT2D eigenvalue weighted by molar-refractivity contribution is -0.117. The van der Waals surface area contributed by atoms with Crippen molar-refractivity contribution in [3.8, 4) is 0 Å². The maximum absolute atomic E-state index is 13.2. The maximum atomic E-state index is 13.2. The van der Waals surface area contributed by atoms with Crippen molar-refractivity contribution in [2.75, 3.05) is 24.1 Å². The predicted molar refractivity (Wildman–Crippen MR) is 85.7 cm³/mol. The number of nitrogen functional groups attached to an aromatic ring is 1. The Labute approximate surface area is 126 Å². The summed E-state index contributed by atoms with van der Waals surface area (Å²) in [6.45, 7) is 7.52. The summed E-state index contributed by atoms with van der Waals surface area (Å²) in [5, 5.41) is 2.69. The molecule has 118 valence electrons. The third-order valence-electron chi connectivity index (χ3n) is 3.65. The van der Waals surface area contributed by atoms with Gasteiger partial charge in [0.25, 0.3) is 0 Å². The van der Waals surface area contributed by atoms with Crippen molar-refractivity contribution in [1.29, 1.82) is 0 Å². The van der Waals surface area contributed by atoms with Gasteiger partial charge in [0.05, 0.1) is 17.9 Å². The highest BCUT2D eigenvalue weighted by Gasteiger charge is 2.16. The first-order valence-corrected chi connectivity index (χ1v) is 7.56. The number of carbonyl (C=O) groups excluding carboxylic acids is 1.